The van der Waals surface area contributed by atoms with Gasteiger partial charge >= 0.3 is 0 Å². The fourth-order valence-corrected chi connectivity index (χ4v) is 2.75. The van der Waals surface area contributed by atoms with Crippen molar-refractivity contribution in [3.63, 3.8) is 0 Å². The van der Waals surface area contributed by atoms with Crippen LogP contribution in [-0.4, -0.2) is 16.9 Å². The van der Waals surface area contributed by atoms with E-state index in [2.05, 4.69) is 47.0 Å². The zero-order valence-corrected chi connectivity index (χ0v) is 15.0. The van der Waals surface area contributed by atoms with Gasteiger partial charge < -0.3 is 4.74 Å². The van der Waals surface area contributed by atoms with E-state index >= 15 is 0 Å². The van der Waals surface area contributed by atoms with Crippen LogP contribution in [0, 0.1) is 3.57 Å². The van der Waals surface area contributed by atoms with E-state index in [-0.39, 0.29) is 12.1 Å². The molecule has 0 fully saturated rings. The van der Waals surface area contributed by atoms with Crippen LogP contribution in [0.15, 0.2) is 24.4 Å². The lowest BCUT2D eigenvalue weighted by molar-refractivity contribution is 0.394. The quantitative estimate of drug-likeness (QED) is 0.443. The molecule has 7 heteroatoms. The largest absolute Gasteiger partial charge is 0.493 e. The third-order valence-corrected chi connectivity index (χ3v) is 4.80. The number of rotatable bonds is 5. The van der Waals surface area contributed by atoms with Gasteiger partial charge in [-0.15, -0.1) is 0 Å². The van der Waals surface area contributed by atoms with Crippen LogP contribution in [0.5, 0.6) is 5.75 Å². The molecule has 0 amide bonds. The number of hydrogen-bond donors (Lipinski definition) is 2. The number of halogens is 2. The van der Waals surface area contributed by atoms with Crippen LogP contribution in [0.25, 0.3) is 0 Å². The van der Waals surface area contributed by atoms with Crippen LogP contribution in [0.1, 0.15) is 37.2 Å². The maximum atomic E-state index is 6.22. The average Bonchev–Trinajstić information content (AvgIpc) is 2.87. The van der Waals surface area contributed by atoms with Crippen molar-refractivity contribution in [2.24, 2.45) is 5.84 Å². The lowest BCUT2D eigenvalue weighted by Gasteiger charge is -2.21. The summed E-state index contributed by atoms with van der Waals surface area (Å²) in [5.41, 5.74) is 4.68. The molecule has 1 unspecified atom stereocenters. The van der Waals surface area contributed by atoms with Crippen LogP contribution < -0.4 is 16.0 Å². The van der Waals surface area contributed by atoms with Gasteiger partial charge in [0, 0.05) is 9.61 Å². The Kier molecular flexibility index (Phi) is 5.48. The standard InChI is InChI=1S/C14H18ClIN4O/c1-8(2)20-14(12(21-3)7-18-20)13(19-17)9-4-5-11(16)10(15)6-9/h4-8,13,19H,17H2,1-3H3. The minimum Gasteiger partial charge on any atom is -0.493 e. The number of ether oxygens (including phenoxy) is 1. The molecule has 0 aliphatic heterocycles. The van der Waals surface area contributed by atoms with E-state index < -0.39 is 0 Å². The second-order valence-corrected chi connectivity index (χ2v) is 6.48. The number of methoxy groups -OCH3 is 1. The van der Waals surface area contributed by atoms with Crippen LogP contribution in [-0.2, 0) is 0 Å². The van der Waals surface area contributed by atoms with E-state index in [1.165, 1.54) is 0 Å². The number of nitrogens with one attached hydrogen (secondary N) is 1. The molecule has 0 saturated carbocycles. The van der Waals surface area contributed by atoms with Gasteiger partial charge in [-0.2, -0.15) is 5.10 Å². The fourth-order valence-electron chi connectivity index (χ4n) is 2.22. The molecule has 0 bridgehead atoms. The van der Waals surface area contributed by atoms with Crippen molar-refractivity contribution < 1.29 is 4.74 Å². The van der Waals surface area contributed by atoms with Gasteiger partial charge in [-0.25, -0.2) is 5.43 Å². The fraction of sp³-hybridized carbons (Fsp3) is 0.357. The average molecular weight is 421 g/mol. The lowest BCUT2D eigenvalue weighted by atomic mass is 10.0. The van der Waals surface area contributed by atoms with Crippen molar-refractivity contribution in [2.45, 2.75) is 25.9 Å². The highest BCUT2D eigenvalue weighted by atomic mass is 127. The van der Waals surface area contributed by atoms with E-state index in [0.29, 0.717) is 10.8 Å². The summed E-state index contributed by atoms with van der Waals surface area (Å²) in [4.78, 5) is 0. The number of nitrogens with zero attached hydrogens (tertiary/aromatic N) is 2. The van der Waals surface area contributed by atoms with Crippen molar-refractivity contribution in [3.05, 3.63) is 44.2 Å². The minimum atomic E-state index is -0.251. The number of hydrogen-bond acceptors (Lipinski definition) is 4. The Bertz CT molecular complexity index is 629. The van der Waals surface area contributed by atoms with Gasteiger partial charge in [0.05, 0.1) is 24.4 Å². The van der Waals surface area contributed by atoms with E-state index in [9.17, 15) is 0 Å². The normalized spacial score (nSPS) is 12.7. The SMILES string of the molecule is COc1cnn(C(C)C)c1C(NN)c1ccc(I)c(Cl)c1. The Hall–Kier alpha value is -0.830. The molecule has 0 spiro atoms. The van der Waals surface area contributed by atoms with Gasteiger partial charge in [-0.3, -0.25) is 10.5 Å². The highest BCUT2D eigenvalue weighted by Crippen LogP contribution is 2.33. The Morgan fingerprint density at radius 2 is 2.14 bits per heavy atom. The van der Waals surface area contributed by atoms with Crippen molar-refractivity contribution in [1.29, 1.82) is 0 Å². The van der Waals surface area contributed by atoms with Crippen LogP contribution in [0.3, 0.4) is 0 Å². The van der Waals surface area contributed by atoms with E-state index in [0.717, 1.165) is 14.8 Å². The van der Waals surface area contributed by atoms with Crippen molar-refractivity contribution in [3.8, 4) is 5.75 Å². The number of benzene rings is 1. The maximum absolute atomic E-state index is 6.22. The molecule has 1 aromatic heterocycles. The molecule has 5 nitrogen and oxygen atoms in total. The van der Waals surface area contributed by atoms with Gasteiger partial charge in [0.2, 0.25) is 0 Å². The molecule has 21 heavy (non-hydrogen) atoms. The van der Waals surface area contributed by atoms with Gasteiger partial charge in [0.1, 0.15) is 5.69 Å². The molecule has 2 aromatic rings. The first-order valence-corrected chi connectivity index (χ1v) is 7.97. The summed E-state index contributed by atoms with van der Waals surface area (Å²) >= 11 is 8.42. The summed E-state index contributed by atoms with van der Waals surface area (Å²) in [6, 6.07) is 5.81. The van der Waals surface area contributed by atoms with Gasteiger partial charge in [0.25, 0.3) is 0 Å². The molecule has 3 N–H and O–H groups in total. The Morgan fingerprint density at radius 3 is 2.67 bits per heavy atom. The molecule has 0 radical (unpaired) electrons. The highest BCUT2D eigenvalue weighted by molar-refractivity contribution is 14.1. The second kappa shape index (κ2) is 6.95. The Labute approximate surface area is 142 Å². The van der Waals surface area contributed by atoms with Crippen molar-refractivity contribution in [1.82, 2.24) is 15.2 Å². The predicted molar refractivity (Wildman–Crippen MR) is 92.5 cm³/mol. The second-order valence-electron chi connectivity index (χ2n) is 4.91. The molecule has 1 atom stereocenters. The topological polar surface area (TPSA) is 65.1 Å². The zero-order chi connectivity index (χ0) is 15.6. The molecule has 114 valence electrons. The number of aromatic nitrogens is 2. The first-order valence-electron chi connectivity index (χ1n) is 6.52. The zero-order valence-electron chi connectivity index (χ0n) is 12.1. The summed E-state index contributed by atoms with van der Waals surface area (Å²) in [7, 11) is 1.62. The molecular weight excluding hydrogens is 403 g/mol. The van der Waals surface area contributed by atoms with Crippen LogP contribution >= 0.6 is 34.2 Å². The van der Waals surface area contributed by atoms with Crippen molar-refractivity contribution in [2.75, 3.05) is 7.11 Å². The van der Waals surface area contributed by atoms with E-state index in [4.69, 9.17) is 22.2 Å². The minimum absolute atomic E-state index is 0.194. The molecule has 2 rings (SSSR count). The maximum Gasteiger partial charge on any atom is 0.161 e. The number of nitrogens with two attached hydrogens (primary N) is 1. The van der Waals surface area contributed by atoms with Crippen LogP contribution in [0.2, 0.25) is 5.02 Å². The molecule has 0 aliphatic carbocycles. The summed E-state index contributed by atoms with van der Waals surface area (Å²) < 4.78 is 8.32. The number of hydrazine groups is 1. The summed E-state index contributed by atoms with van der Waals surface area (Å²) in [5.74, 6) is 6.48. The summed E-state index contributed by atoms with van der Waals surface area (Å²) in [6.45, 7) is 4.12. The summed E-state index contributed by atoms with van der Waals surface area (Å²) in [5, 5.41) is 5.08. The van der Waals surface area contributed by atoms with Crippen molar-refractivity contribution >= 4 is 34.2 Å². The molecule has 0 saturated heterocycles. The van der Waals surface area contributed by atoms with Crippen LogP contribution in [0.4, 0.5) is 0 Å². The third kappa shape index (κ3) is 3.33. The highest BCUT2D eigenvalue weighted by Gasteiger charge is 2.24. The van der Waals surface area contributed by atoms with E-state index in [1.807, 2.05) is 22.9 Å². The monoisotopic (exact) mass is 420 g/mol. The van der Waals surface area contributed by atoms with Gasteiger partial charge in [-0.05, 0) is 54.1 Å². The molecular formula is C14H18ClIN4O. The van der Waals surface area contributed by atoms with Gasteiger partial charge in [0.15, 0.2) is 5.75 Å². The molecule has 1 aromatic carbocycles. The molecule has 0 aliphatic rings. The lowest BCUT2D eigenvalue weighted by Crippen LogP contribution is -2.31. The Morgan fingerprint density at radius 1 is 1.43 bits per heavy atom. The van der Waals surface area contributed by atoms with E-state index in [1.54, 1.807) is 13.3 Å². The molecule has 1 heterocycles. The smallest absolute Gasteiger partial charge is 0.161 e. The Balaban J connectivity index is 2.55. The third-order valence-electron chi connectivity index (χ3n) is 3.22. The first-order chi connectivity index (χ1) is 9.99. The van der Waals surface area contributed by atoms with Gasteiger partial charge in [-0.1, -0.05) is 17.7 Å². The predicted octanol–water partition coefficient (Wildman–Crippen LogP) is 3.28. The first kappa shape index (κ1) is 16.5. The summed E-state index contributed by atoms with van der Waals surface area (Å²) in [6.07, 6.45) is 1.70.